The predicted octanol–water partition coefficient (Wildman–Crippen LogP) is 18.5. The van der Waals surface area contributed by atoms with Crippen LogP contribution in [0.1, 0.15) is 0 Å². The number of benzene rings is 11. The van der Waals surface area contributed by atoms with E-state index in [1.165, 1.54) is 0 Å². The molecular weight excluding hydrogens is 1130 g/mol. The smallest absolute Gasteiger partial charge is 0.164 e. The van der Waals surface area contributed by atoms with Crippen molar-refractivity contribution in [2.75, 3.05) is 0 Å². The Hall–Kier alpha value is -12.8. The van der Waals surface area contributed by atoms with Crippen LogP contribution in [0.3, 0.4) is 0 Å². The maximum atomic E-state index is 5.36. The van der Waals surface area contributed by atoms with Gasteiger partial charge in [-0.1, -0.05) is 218 Å². The summed E-state index contributed by atoms with van der Waals surface area (Å²) in [6, 6.07) is 99.3. The molecule has 0 atom stereocenters. The van der Waals surface area contributed by atoms with Crippen LogP contribution in [-0.4, -0.2) is 59.0 Å². The van der Waals surface area contributed by atoms with Gasteiger partial charge in [-0.25, -0.2) is 44.9 Å². The molecule has 0 bridgehead atoms. The monoisotopic (exact) mass is 1180 g/mol. The van der Waals surface area contributed by atoms with Gasteiger partial charge in [0, 0.05) is 95.3 Å². The van der Waals surface area contributed by atoms with Crippen molar-refractivity contribution in [1.29, 1.82) is 0 Å². The van der Waals surface area contributed by atoms with Crippen LogP contribution >= 0.6 is 0 Å². The standard InChI is InChI=1S/C80H50N12/c1-7-23-51(24-8-1)72-82-73(52-25-9-2-10-26-52)86-78(85-72)57-39-43-69-64(47-57)60-35-19-21-37-67(60)91(69)59-41-42-62(80-89-76(55-31-15-5-16-32-55)84-77(90-80)56-33-17-6-18-34-56)63(49-59)66-50-81-46-45-71(66)92-68-38-22-20-36-61(68)65-48-58(40-44-70(65)92)79-87-74(53-27-11-3-12-28-53)83-75(88-79)54-29-13-4-14-30-54/h1-50H. The highest BCUT2D eigenvalue weighted by molar-refractivity contribution is 6.12. The van der Waals surface area contributed by atoms with E-state index in [9.17, 15) is 0 Å². The molecule has 17 aromatic rings. The average Bonchev–Trinajstić information content (AvgIpc) is 1.68. The Morgan fingerprint density at radius 1 is 0.207 bits per heavy atom. The molecule has 0 saturated carbocycles. The highest BCUT2D eigenvalue weighted by Crippen LogP contribution is 2.43. The molecule has 6 aromatic heterocycles. The topological polar surface area (TPSA) is 139 Å². The molecule has 0 unspecified atom stereocenters. The van der Waals surface area contributed by atoms with E-state index in [0.717, 1.165) is 116 Å². The third kappa shape index (κ3) is 9.68. The maximum Gasteiger partial charge on any atom is 0.164 e. The van der Waals surface area contributed by atoms with Gasteiger partial charge in [0.25, 0.3) is 0 Å². The molecule has 0 amide bonds. The normalized spacial score (nSPS) is 11.5. The van der Waals surface area contributed by atoms with E-state index in [4.69, 9.17) is 49.8 Å². The van der Waals surface area contributed by atoms with E-state index >= 15 is 0 Å². The minimum absolute atomic E-state index is 0.511. The summed E-state index contributed by atoms with van der Waals surface area (Å²) in [7, 11) is 0. The lowest BCUT2D eigenvalue weighted by atomic mass is 9.97. The van der Waals surface area contributed by atoms with Gasteiger partial charge in [-0.05, 0) is 78.4 Å². The third-order valence-corrected chi connectivity index (χ3v) is 16.8. The van der Waals surface area contributed by atoms with E-state index in [0.29, 0.717) is 52.4 Å². The van der Waals surface area contributed by atoms with Gasteiger partial charge < -0.3 is 9.13 Å². The number of nitrogens with zero attached hydrogens (tertiary/aromatic N) is 12. The van der Waals surface area contributed by atoms with Gasteiger partial charge in [-0.15, -0.1) is 0 Å². The molecule has 92 heavy (non-hydrogen) atoms. The van der Waals surface area contributed by atoms with Gasteiger partial charge in [0.2, 0.25) is 0 Å². The second-order valence-corrected chi connectivity index (χ2v) is 22.4. The van der Waals surface area contributed by atoms with Crippen molar-refractivity contribution < 1.29 is 0 Å². The molecule has 0 N–H and O–H groups in total. The molecule has 0 radical (unpaired) electrons. The Balaban J connectivity index is 0.874. The fourth-order valence-corrected chi connectivity index (χ4v) is 12.4. The molecule has 6 heterocycles. The van der Waals surface area contributed by atoms with Crippen molar-refractivity contribution in [3.63, 3.8) is 0 Å². The molecule has 0 aliphatic heterocycles. The lowest BCUT2D eigenvalue weighted by molar-refractivity contribution is 1.07. The summed E-state index contributed by atoms with van der Waals surface area (Å²) >= 11 is 0. The van der Waals surface area contributed by atoms with Crippen LogP contribution in [0, 0.1) is 0 Å². The molecule has 0 aliphatic carbocycles. The first-order valence-electron chi connectivity index (χ1n) is 30.4. The Morgan fingerprint density at radius 2 is 0.533 bits per heavy atom. The van der Waals surface area contributed by atoms with Crippen molar-refractivity contribution >= 4 is 43.6 Å². The van der Waals surface area contributed by atoms with Gasteiger partial charge in [-0.3, -0.25) is 4.98 Å². The van der Waals surface area contributed by atoms with Gasteiger partial charge in [-0.2, -0.15) is 0 Å². The summed E-state index contributed by atoms with van der Waals surface area (Å²) in [5.41, 5.74) is 15.5. The molecule has 12 heteroatoms. The number of aromatic nitrogens is 12. The number of pyridine rings is 1. The average molecular weight is 1180 g/mol. The summed E-state index contributed by atoms with van der Waals surface area (Å²) in [5.74, 6) is 5.18. The fourth-order valence-electron chi connectivity index (χ4n) is 12.4. The lowest BCUT2D eigenvalue weighted by Gasteiger charge is -2.18. The number of rotatable bonds is 12. The zero-order valence-corrected chi connectivity index (χ0v) is 49.2. The van der Waals surface area contributed by atoms with E-state index in [2.05, 4.69) is 118 Å². The van der Waals surface area contributed by atoms with Crippen LogP contribution in [0.4, 0.5) is 0 Å². The van der Waals surface area contributed by atoms with Crippen LogP contribution in [0.5, 0.6) is 0 Å². The van der Waals surface area contributed by atoms with Gasteiger partial charge in [0.15, 0.2) is 52.4 Å². The molecule has 0 spiro atoms. The van der Waals surface area contributed by atoms with Crippen LogP contribution in [0.2, 0.25) is 0 Å². The highest BCUT2D eigenvalue weighted by Gasteiger charge is 2.25. The minimum atomic E-state index is 0.511. The van der Waals surface area contributed by atoms with Crippen molar-refractivity contribution in [3.8, 4) is 125 Å². The van der Waals surface area contributed by atoms with Crippen LogP contribution in [0.25, 0.3) is 169 Å². The first kappa shape index (κ1) is 53.4. The second-order valence-electron chi connectivity index (χ2n) is 22.4. The first-order chi connectivity index (χ1) is 45.6. The molecule has 12 nitrogen and oxygen atoms in total. The fraction of sp³-hybridized carbons (Fsp3) is 0. The quantitative estimate of drug-likeness (QED) is 0.116. The largest absolute Gasteiger partial charge is 0.309 e. The minimum Gasteiger partial charge on any atom is -0.309 e. The summed E-state index contributed by atoms with van der Waals surface area (Å²) in [6.07, 6.45) is 3.83. The van der Waals surface area contributed by atoms with Crippen molar-refractivity contribution in [2.24, 2.45) is 0 Å². The number of hydrogen-bond acceptors (Lipinski definition) is 10. The molecular formula is C80H50N12. The van der Waals surface area contributed by atoms with E-state index in [1.54, 1.807) is 0 Å². The summed E-state index contributed by atoms with van der Waals surface area (Å²) in [6.45, 7) is 0. The van der Waals surface area contributed by atoms with E-state index in [-0.39, 0.29) is 0 Å². The van der Waals surface area contributed by atoms with E-state index < -0.39 is 0 Å². The van der Waals surface area contributed by atoms with Crippen LogP contribution < -0.4 is 0 Å². The summed E-state index contributed by atoms with van der Waals surface area (Å²) in [5, 5.41) is 4.21. The van der Waals surface area contributed by atoms with Gasteiger partial charge in [0.05, 0.1) is 27.8 Å². The highest BCUT2D eigenvalue weighted by atomic mass is 15.1. The number of hydrogen-bond donors (Lipinski definition) is 0. The van der Waals surface area contributed by atoms with Crippen molar-refractivity contribution in [1.82, 2.24) is 59.0 Å². The molecule has 0 aliphatic rings. The molecule has 430 valence electrons. The Kier molecular flexibility index (Phi) is 13.2. The van der Waals surface area contributed by atoms with Crippen LogP contribution in [-0.2, 0) is 0 Å². The number of fused-ring (bicyclic) bond motifs is 6. The second kappa shape index (κ2) is 22.7. The zero-order valence-electron chi connectivity index (χ0n) is 49.2. The Bertz CT molecular complexity index is 5450. The van der Waals surface area contributed by atoms with Crippen LogP contribution in [0.15, 0.2) is 304 Å². The van der Waals surface area contributed by atoms with Crippen molar-refractivity contribution in [2.45, 2.75) is 0 Å². The SMILES string of the molecule is c1ccc(-c2nc(-c3ccccc3)nc(-c3ccc4c(c3)c3ccccc3n4-c3ccc(-c4nc(-c5ccccc5)nc(-c5ccccc5)n4)c(-c4cnccc4-n4c5ccccc5c5cc(-c6nc(-c7ccccc7)nc(-c7ccccc7)n6)ccc54)c3)n2)cc1. The molecule has 11 aromatic carbocycles. The first-order valence-corrected chi connectivity index (χ1v) is 30.4. The van der Waals surface area contributed by atoms with Gasteiger partial charge >= 0.3 is 0 Å². The third-order valence-electron chi connectivity index (χ3n) is 16.8. The maximum absolute atomic E-state index is 5.36. The molecule has 0 saturated heterocycles. The molecule has 17 rings (SSSR count). The van der Waals surface area contributed by atoms with Gasteiger partial charge in [0.1, 0.15) is 0 Å². The predicted molar refractivity (Wildman–Crippen MR) is 367 cm³/mol. The Morgan fingerprint density at radius 3 is 0.935 bits per heavy atom. The number of para-hydroxylation sites is 2. The zero-order chi connectivity index (χ0) is 60.9. The van der Waals surface area contributed by atoms with Crippen molar-refractivity contribution in [3.05, 3.63) is 304 Å². The van der Waals surface area contributed by atoms with E-state index in [1.807, 2.05) is 194 Å². The lowest BCUT2D eigenvalue weighted by Crippen LogP contribution is -2.04. The summed E-state index contributed by atoms with van der Waals surface area (Å²) in [4.78, 5) is 51.3. The Labute approximate surface area is 528 Å². The summed E-state index contributed by atoms with van der Waals surface area (Å²) < 4.78 is 4.68. The molecule has 0 fully saturated rings.